The molecule has 35 heavy (non-hydrogen) atoms. The molecule has 0 amide bonds. The fourth-order valence-electron chi connectivity index (χ4n) is 3.86. The zero-order chi connectivity index (χ0) is 24.7. The number of hydrogen-bond donors (Lipinski definition) is 0. The first-order chi connectivity index (χ1) is 15.9. The SMILES string of the molecule is CC(C)(C)c1cc[c-]c(-c2cccc(C(C)(C)c3ccn(-c4[c-]cnc(C(C)(C)C)c4)n3)n2)c1.[Pt+2]. The Kier molecular flexibility index (Phi) is 7.58. The van der Waals surface area contributed by atoms with Crippen LogP contribution >= 0.6 is 0 Å². The number of rotatable bonds is 4. The molecule has 0 saturated heterocycles. The van der Waals surface area contributed by atoms with Gasteiger partial charge in [0.1, 0.15) is 0 Å². The number of nitrogens with zero attached hydrogens (tertiary/aromatic N) is 4. The molecule has 3 aromatic heterocycles. The first-order valence-electron chi connectivity index (χ1n) is 11.8. The van der Waals surface area contributed by atoms with Gasteiger partial charge >= 0.3 is 21.1 Å². The van der Waals surface area contributed by atoms with E-state index in [1.54, 1.807) is 6.20 Å². The summed E-state index contributed by atoms with van der Waals surface area (Å²) in [6.07, 6.45) is 3.72. The predicted molar refractivity (Wildman–Crippen MR) is 138 cm³/mol. The zero-order valence-electron chi connectivity index (χ0n) is 21.9. The molecule has 1 aromatic carbocycles. The third-order valence-corrected chi connectivity index (χ3v) is 6.27. The van der Waals surface area contributed by atoms with Gasteiger partial charge in [-0.25, -0.2) is 6.07 Å². The average molecular weight is 646 g/mol. The summed E-state index contributed by atoms with van der Waals surface area (Å²) in [6, 6.07) is 23.2. The molecule has 4 nitrogen and oxygen atoms in total. The Morgan fingerprint density at radius 3 is 2.20 bits per heavy atom. The van der Waals surface area contributed by atoms with Crippen molar-refractivity contribution >= 4 is 0 Å². The van der Waals surface area contributed by atoms with Gasteiger partial charge in [-0.1, -0.05) is 59.9 Å². The molecule has 5 heteroatoms. The molecule has 0 N–H and O–H groups in total. The second kappa shape index (κ2) is 9.82. The average Bonchev–Trinajstić information content (AvgIpc) is 3.30. The molecule has 0 aliphatic rings. The third-order valence-electron chi connectivity index (χ3n) is 6.27. The normalized spacial score (nSPS) is 12.3. The van der Waals surface area contributed by atoms with Crippen molar-refractivity contribution in [1.29, 1.82) is 0 Å². The number of benzene rings is 1. The predicted octanol–water partition coefficient (Wildman–Crippen LogP) is 6.85. The maximum absolute atomic E-state index is 5.04. The Morgan fingerprint density at radius 1 is 0.771 bits per heavy atom. The first kappa shape index (κ1) is 27.0. The molecule has 4 rings (SSSR count). The molecule has 0 fully saturated rings. The largest absolute Gasteiger partial charge is 2.00 e. The summed E-state index contributed by atoms with van der Waals surface area (Å²) in [7, 11) is 0. The monoisotopic (exact) mass is 645 g/mol. The molecule has 0 unspecified atom stereocenters. The summed E-state index contributed by atoms with van der Waals surface area (Å²) in [6.45, 7) is 17.5. The molecule has 0 bridgehead atoms. The molecule has 4 aromatic rings. The molecule has 0 saturated carbocycles. The van der Waals surface area contributed by atoms with Crippen molar-refractivity contribution in [3.8, 4) is 16.9 Å². The van der Waals surface area contributed by atoms with E-state index in [1.165, 1.54) is 5.56 Å². The van der Waals surface area contributed by atoms with Crippen LogP contribution in [0.2, 0.25) is 0 Å². The van der Waals surface area contributed by atoms with Crippen molar-refractivity contribution in [3.05, 3.63) is 95.7 Å². The van der Waals surface area contributed by atoms with Gasteiger partial charge in [-0.3, -0.25) is 9.67 Å². The van der Waals surface area contributed by atoms with Gasteiger partial charge in [0.05, 0.1) is 11.1 Å². The standard InChI is InChI=1S/C30H34N4.Pt/c1-28(2,3)22-12-9-11-21(19-22)24-13-10-14-25(32-24)30(7,8)26-16-18-34(33-26)23-15-17-31-27(20-23)29(4,5)6;/h9-10,12-14,16-20H,1-8H3;/q-2;+2. The molecular weight excluding hydrogens is 611 g/mol. The van der Waals surface area contributed by atoms with Crippen LogP contribution in [-0.4, -0.2) is 19.7 Å². The van der Waals surface area contributed by atoms with Gasteiger partial charge in [0.15, 0.2) is 0 Å². The van der Waals surface area contributed by atoms with E-state index in [1.807, 2.05) is 16.9 Å². The fraction of sp³-hybridized carbons (Fsp3) is 0.367. The summed E-state index contributed by atoms with van der Waals surface area (Å²) in [5.41, 5.74) is 6.70. The minimum Gasteiger partial charge on any atom is -0.300 e. The molecule has 0 radical (unpaired) electrons. The van der Waals surface area contributed by atoms with E-state index in [0.717, 1.165) is 34.0 Å². The summed E-state index contributed by atoms with van der Waals surface area (Å²) in [5.74, 6) is 0. The summed E-state index contributed by atoms with van der Waals surface area (Å²) in [4.78, 5) is 9.53. The maximum atomic E-state index is 5.04. The van der Waals surface area contributed by atoms with Crippen LogP contribution in [0.15, 0.2) is 60.9 Å². The van der Waals surface area contributed by atoms with Gasteiger partial charge in [-0.05, 0) is 48.2 Å². The van der Waals surface area contributed by atoms with Crippen molar-refractivity contribution in [2.24, 2.45) is 0 Å². The molecule has 0 atom stereocenters. The van der Waals surface area contributed by atoms with Crippen LogP contribution in [0.1, 0.15) is 78.0 Å². The molecule has 3 heterocycles. The van der Waals surface area contributed by atoms with Crippen LogP contribution in [0, 0.1) is 12.1 Å². The van der Waals surface area contributed by atoms with Gasteiger partial charge in [-0.2, -0.15) is 11.2 Å². The Bertz CT molecular complexity index is 1310. The topological polar surface area (TPSA) is 43.6 Å². The smallest absolute Gasteiger partial charge is 0.300 e. The van der Waals surface area contributed by atoms with E-state index in [-0.39, 0.29) is 37.3 Å². The van der Waals surface area contributed by atoms with Gasteiger partial charge in [-0.15, -0.1) is 41.1 Å². The van der Waals surface area contributed by atoms with Crippen LogP contribution in [0.3, 0.4) is 0 Å². The van der Waals surface area contributed by atoms with Crippen molar-refractivity contribution in [1.82, 2.24) is 19.7 Å². The van der Waals surface area contributed by atoms with Gasteiger partial charge in [0.2, 0.25) is 0 Å². The van der Waals surface area contributed by atoms with Gasteiger partial charge in [0.25, 0.3) is 0 Å². The third kappa shape index (κ3) is 5.81. The van der Waals surface area contributed by atoms with Crippen molar-refractivity contribution in [2.45, 2.75) is 71.6 Å². The molecule has 184 valence electrons. The molecule has 0 aliphatic heterocycles. The van der Waals surface area contributed by atoms with Crippen LogP contribution < -0.4 is 0 Å². The van der Waals surface area contributed by atoms with Crippen molar-refractivity contribution in [3.63, 3.8) is 0 Å². The van der Waals surface area contributed by atoms with Crippen LogP contribution in [-0.2, 0) is 37.3 Å². The van der Waals surface area contributed by atoms with Crippen molar-refractivity contribution < 1.29 is 21.1 Å². The van der Waals surface area contributed by atoms with Crippen LogP contribution in [0.25, 0.3) is 16.9 Å². The minimum atomic E-state index is -0.372. The van der Waals surface area contributed by atoms with Crippen molar-refractivity contribution in [2.75, 3.05) is 0 Å². The Labute approximate surface area is 224 Å². The summed E-state index contributed by atoms with van der Waals surface area (Å²) >= 11 is 0. The van der Waals surface area contributed by atoms with E-state index in [4.69, 9.17) is 10.1 Å². The van der Waals surface area contributed by atoms with E-state index in [2.05, 4.69) is 115 Å². The number of pyridine rings is 2. The number of hydrogen-bond acceptors (Lipinski definition) is 3. The Hall–Kier alpha value is -2.58. The fourth-order valence-corrected chi connectivity index (χ4v) is 3.86. The second-order valence-electron chi connectivity index (χ2n) is 11.5. The molecular formula is C30H34N4Pt. The second-order valence-corrected chi connectivity index (χ2v) is 11.5. The van der Waals surface area contributed by atoms with E-state index < -0.39 is 0 Å². The first-order valence-corrected chi connectivity index (χ1v) is 11.8. The quantitative estimate of drug-likeness (QED) is 0.228. The summed E-state index contributed by atoms with van der Waals surface area (Å²) in [5, 5.41) is 4.91. The maximum Gasteiger partial charge on any atom is 2.00 e. The van der Waals surface area contributed by atoms with Gasteiger partial charge < -0.3 is 4.98 Å². The van der Waals surface area contributed by atoms with E-state index in [9.17, 15) is 0 Å². The van der Waals surface area contributed by atoms with E-state index in [0.29, 0.717) is 0 Å². The van der Waals surface area contributed by atoms with Crippen LogP contribution in [0.5, 0.6) is 0 Å². The van der Waals surface area contributed by atoms with Gasteiger partial charge in [0, 0.05) is 11.9 Å². The minimum absolute atomic E-state index is 0. The zero-order valence-corrected chi connectivity index (χ0v) is 24.2. The molecule has 0 aliphatic carbocycles. The van der Waals surface area contributed by atoms with Crippen LogP contribution in [0.4, 0.5) is 0 Å². The Morgan fingerprint density at radius 2 is 1.51 bits per heavy atom. The van der Waals surface area contributed by atoms with E-state index >= 15 is 0 Å². The Balaban J connectivity index is 0.00000342. The number of aromatic nitrogens is 4. The summed E-state index contributed by atoms with van der Waals surface area (Å²) < 4.78 is 1.87. The molecule has 0 spiro atoms.